The number of hydrogen-bond acceptors (Lipinski definition) is 2. The molecule has 0 saturated heterocycles. The van der Waals surface area contributed by atoms with Crippen molar-refractivity contribution >= 4 is 0 Å². The number of hydrogen-bond donors (Lipinski definition) is 0. The molecule has 0 radical (unpaired) electrons. The number of benzene rings is 1. The molecule has 0 bridgehead atoms. The summed E-state index contributed by atoms with van der Waals surface area (Å²) in [7, 11) is 1.51. The van der Waals surface area contributed by atoms with Gasteiger partial charge in [0.05, 0.1) is 12.9 Å². The summed E-state index contributed by atoms with van der Waals surface area (Å²) in [6.45, 7) is 2.89. The Balaban J connectivity index is 0. The van der Waals surface area contributed by atoms with Crippen molar-refractivity contribution in [2.45, 2.75) is 13.8 Å². The van der Waals surface area contributed by atoms with Gasteiger partial charge in [-0.3, -0.25) is 0 Å². The van der Waals surface area contributed by atoms with Crippen LogP contribution in [0.1, 0.15) is 11.1 Å². The summed E-state index contributed by atoms with van der Waals surface area (Å²) in [4.78, 5) is 0. The molecular weight excluding hydrogens is 367 g/mol. The van der Waals surface area contributed by atoms with Crippen molar-refractivity contribution in [3.8, 4) is 11.5 Å². The monoisotopic (exact) mass is 382 g/mol. The Bertz CT molecular complexity index is 303. The molecule has 2 nitrogen and oxygen atoms in total. The minimum absolute atomic E-state index is 0. The molecule has 0 aliphatic rings. The summed E-state index contributed by atoms with van der Waals surface area (Å²) in [6, 6.07) is 4.81. The summed E-state index contributed by atoms with van der Waals surface area (Å²) in [5.41, 5.74) is 1.80. The third-order valence-corrected chi connectivity index (χ3v) is 1.71. The Morgan fingerprint density at radius 3 is 2.47 bits per heavy atom. The zero-order valence-electron chi connectivity index (χ0n) is 9.39. The van der Waals surface area contributed by atoms with E-state index in [1.807, 2.05) is 19.9 Å². The SMILES string of the molecule is COc1[c-]c(C)cc(C)c1OCF.[CH3-].[W+2]. The summed E-state index contributed by atoms with van der Waals surface area (Å²) in [6.07, 6.45) is 0. The van der Waals surface area contributed by atoms with Gasteiger partial charge in [0.25, 0.3) is 0 Å². The fourth-order valence-electron chi connectivity index (χ4n) is 1.22. The van der Waals surface area contributed by atoms with Crippen molar-refractivity contribution in [3.63, 3.8) is 0 Å². The first-order chi connectivity index (χ1) is 6.19. The maximum Gasteiger partial charge on any atom is 2.00 e. The van der Waals surface area contributed by atoms with E-state index in [4.69, 9.17) is 9.47 Å². The second-order valence-electron chi connectivity index (χ2n) is 2.75. The predicted molar refractivity (Wildman–Crippen MR) is 54.3 cm³/mol. The van der Waals surface area contributed by atoms with E-state index in [1.54, 1.807) is 0 Å². The molecule has 0 heterocycles. The molecule has 15 heavy (non-hydrogen) atoms. The molecule has 4 heteroatoms. The Hall–Kier alpha value is -0.562. The summed E-state index contributed by atoms with van der Waals surface area (Å²) < 4.78 is 21.8. The first-order valence-corrected chi connectivity index (χ1v) is 3.95. The van der Waals surface area contributed by atoms with Crippen LogP contribution in [0.5, 0.6) is 11.5 Å². The molecule has 0 aliphatic carbocycles. The summed E-state index contributed by atoms with van der Waals surface area (Å²) in [5, 5.41) is 0. The fraction of sp³-hybridized carbons (Fsp3) is 0.364. The molecule has 0 amide bonds. The van der Waals surface area contributed by atoms with Crippen LogP contribution in [0.2, 0.25) is 0 Å². The zero-order valence-corrected chi connectivity index (χ0v) is 12.3. The maximum absolute atomic E-state index is 12.0. The van der Waals surface area contributed by atoms with Crippen molar-refractivity contribution < 1.29 is 34.9 Å². The van der Waals surface area contributed by atoms with Crippen molar-refractivity contribution in [1.82, 2.24) is 0 Å². The van der Waals surface area contributed by atoms with Gasteiger partial charge in [0, 0.05) is 5.75 Å². The molecule has 0 aliphatic heterocycles. The Morgan fingerprint density at radius 2 is 2.00 bits per heavy atom. The van der Waals surface area contributed by atoms with Crippen molar-refractivity contribution in [3.05, 3.63) is 30.7 Å². The van der Waals surface area contributed by atoms with Gasteiger partial charge in [-0.15, -0.1) is 11.6 Å². The quantitative estimate of drug-likeness (QED) is 0.749. The van der Waals surface area contributed by atoms with Crippen LogP contribution in [0, 0.1) is 27.3 Å². The molecule has 84 valence electrons. The third-order valence-electron chi connectivity index (χ3n) is 1.71. The van der Waals surface area contributed by atoms with Crippen LogP contribution in [0.3, 0.4) is 0 Å². The van der Waals surface area contributed by atoms with Crippen molar-refractivity contribution in [1.29, 1.82) is 0 Å². The Morgan fingerprint density at radius 1 is 1.40 bits per heavy atom. The second kappa shape index (κ2) is 7.69. The molecule has 1 aromatic carbocycles. The van der Waals surface area contributed by atoms with E-state index >= 15 is 0 Å². The van der Waals surface area contributed by atoms with Crippen LogP contribution >= 0.6 is 0 Å². The molecule has 1 aromatic rings. The van der Waals surface area contributed by atoms with Crippen LogP contribution in [0.15, 0.2) is 6.07 Å². The van der Waals surface area contributed by atoms with Gasteiger partial charge in [-0.05, 0) is 0 Å². The maximum atomic E-state index is 12.0. The van der Waals surface area contributed by atoms with Gasteiger partial charge >= 0.3 is 21.1 Å². The van der Waals surface area contributed by atoms with Crippen molar-refractivity contribution in [2.75, 3.05) is 14.0 Å². The molecule has 0 atom stereocenters. The molecule has 0 N–H and O–H groups in total. The van der Waals surface area contributed by atoms with Gasteiger partial charge in [-0.25, -0.2) is 4.39 Å². The number of alkyl halides is 1. The van der Waals surface area contributed by atoms with Gasteiger partial charge in [0.2, 0.25) is 6.86 Å². The average Bonchev–Trinajstić information content (AvgIpc) is 2.09. The molecule has 0 saturated carbocycles. The second-order valence-corrected chi connectivity index (χ2v) is 2.75. The number of ether oxygens (including phenoxy) is 2. The minimum atomic E-state index is -0.853. The predicted octanol–water partition coefficient (Wildman–Crippen LogP) is 2.87. The topological polar surface area (TPSA) is 18.5 Å². The third kappa shape index (κ3) is 4.21. The van der Waals surface area contributed by atoms with Gasteiger partial charge in [0.1, 0.15) is 0 Å². The van der Waals surface area contributed by atoms with Crippen molar-refractivity contribution in [2.24, 2.45) is 0 Å². The van der Waals surface area contributed by atoms with E-state index in [0.29, 0.717) is 11.5 Å². The van der Waals surface area contributed by atoms with Crippen LogP contribution in [0.25, 0.3) is 0 Å². The molecular formula is C11H15FO2W. The Kier molecular flexibility index (Phi) is 8.64. The molecule has 0 aromatic heterocycles. The average molecular weight is 382 g/mol. The van der Waals surface area contributed by atoms with Crippen LogP contribution < -0.4 is 9.47 Å². The first-order valence-electron chi connectivity index (χ1n) is 3.95. The van der Waals surface area contributed by atoms with E-state index in [2.05, 4.69) is 6.07 Å². The standard InChI is InChI=1S/C10H12FO2.CH3.W/c1-7-4-8(2)10(13-6-11)9(5-7)12-3;;/h4H,6H2,1-3H3;1H3;/q2*-1;+2. The largest absolute Gasteiger partial charge is 2.00 e. The summed E-state index contributed by atoms with van der Waals surface area (Å²) in [5.74, 6) is 0.880. The molecule has 0 spiro atoms. The summed E-state index contributed by atoms with van der Waals surface area (Å²) >= 11 is 0. The number of methoxy groups -OCH3 is 1. The minimum Gasteiger partial charge on any atom is -0.521 e. The van der Waals surface area contributed by atoms with Gasteiger partial charge < -0.3 is 16.9 Å². The normalized spacial score (nSPS) is 8.53. The Labute approximate surface area is 105 Å². The van der Waals surface area contributed by atoms with E-state index in [0.717, 1.165) is 11.1 Å². The molecule has 0 unspecified atom stereocenters. The van der Waals surface area contributed by atoms with Crippen LogP contribution in [-0.4, -0.2) is 14.0 Å². The number of rotatable bonds is 3. The first kappa shape index (κ1) is 16.9. The molecule has 0 fully saturated rings. The van der Waals surface area contributed by atoms with Gasteiger partial charge in [-0.2, -0.15) is 11.6 Å². The van der Waals surface area contributed by atoms with Gasteiger partial charge in [-0.1, -0.05) is 13.8 Å². The van der Waals surface area contributed by atoms with Crippen LogP contribution in [-0.2, 0) is 21.1 Å². The zero-order chi connectivity index (χ0) is 9.84. The fourth-order valence-corrected chi connectivity index (χ4v) is 1.22. The van der Waals surface area contributed by atoms with Crippen LogP contribution in [0.4, 0.5) is 4.39 Å². The van der Waals surface area contributed by atoms with E-state index in [-0.39, 0.29) is 28.5 Å². The number of aryl methyl sites for hydroxylation is 2. The van der Waals surface area contributed by atoms with E-state index < -0.39 is 6.86 Å². The smallest absolute Gasteiger partial charge is 0.521 e. The number of halogens is 1. The van der Waals surface area contributed by atoms with Gasteiger partial charge in [0.15, 0.2) is 0 Å². The van der Waals surface area contributed by atoms with E-state index in [9.17, 15) is 4.39 Å². The van der Waals surface area contributed by atoms with E-state index in [1.165, 1.54) is 7.11 Å². The molecule has 1 rings (SSSR count).